The number of benzene rings is 1. The molecule has 2 rings (SSSR count). The van der Waals surface area contributed by atoms with Crippen LogP contribution < -0.4 is 0 Å². The average molecular weight is 373 g/mol. The molecule has 0 aliphatic heterocycles. The van der Waals surface area contributed by atoms with Gasteiger partial charge in [-0.15, -0.1) is 0 Å². The van der Waals surface area contributed by atoms with E-state index < -0.39 is 10.0 Å². The second-order valence-corrected chi connectivity index (χ2v) is 9.70. The Morgan fingerprint density at radius 2 is 1.54 bits per heavy atom. The molecule has 1 fully saturated rings. The van der Waals surface area contributed by atoms with E-state index in [4.69, 9.17) is 11.6 Å². The van der Waals surface area contributed by atoms with Crippen LogP contribution in [0.1, 0.15) is 32.1 Å². The second-order valence-electron chi connectivity index (χ2n) is 7.22. The highest BCUT2D eigenvalue weighted by molar-refractivity contribution is 7.89. The molecule has 0 unspecified atom stereocenters. The smallest absolute Gasteiger partial charge is 0.242 e. The van der Waals surface area contributed by atoms with Crippen molar-refractivity contribution in [2.45, 2.75) is 37.0 Å². The van der Waals surface area contributed by atoms with Gasteiger partial charge < -0.3 is 4.90 Å². The van der Waals surface area contributed by atoms with Crippen molar-refractivity contribution in [2.24, 2.45) is 11.8 Å². The SMILES string of the molecule is CN(C)C[C@H]1CC[C@H](CCN(C)S(=O)(=O)c2ccc(Cl)cc2)CC1. The number of hydrogen-bond acceptors (Lipinski definition) is 3. The van der Waals surface area contributed by atoms with Gasteiger partial charge in [-0.1, -0.05) is 24.4 Å². The second kappa shape index (κ2) is 8.65. The number of nitrogens with zero attached hydrogens (tertiary/aromatic N) is 2. The van der Waals surface area contributed by atoms with Crippen LogP contribution in [0, 0.1) is 11.8 Å². The third-order valence-electron chi connectivity index (χ3n) is 4.96. The van der Waals surface area contributed by atoms with Gasteiger partial charge in [0.15, 0.2) is 0 Å². The van der Waals surface area contributed by atoms with E-state index in [9.17, 15) is 8.42 Å². The van der Waals surface area contributed by atoms with E-state index in [1.165, 1.54) is 30.0 Å². The van der Waals surface area contributed by atoms with E-state index in [0.717, 1.165) is 18.9 Å². The van der Waals surface area contributed by atoms with Crippen LogP contribution in [0.5, 0.6) is 0 Å². The van der Waals surface area contributed by atoms with Gasteiger partial charge in [-0.2, -0.15) is 0 Å². The first-order valence-electron chi connectivity index (χ1n) is 8.65. The first-order valence-corrected chi connectivity index (χ1v) is 10.5. The average Bonchev–Trinajstić information content (AvgIpc) is 2.53. The molecular formula is C18H29ClN2O2S. The topological polar surface area (TPSA) is 40.6 Å². The Kier molecular flexibility index (Phi) is 7.10. The molecule has 0 amide bonds. The molecule has 0 spiro atoms. The molecule has 1 aliphatic rings. The number of halogens is 1. The number of hydrogen-bond donors (Lipinski definition) is 0. The molecule has 0 radical (unpaired) electrons. The number of sulfonamides is 1. The normalized spacial score (nSPS) is 22.2. The molecule has 1 saturated carbocycles. The van der Waals surface area contributed by atoms with Crippen molar-refractivity contribution in [3.63, 3.8) is 0 Å². The molecule has 1 aromatic carbocycles. The van der Waals surface area contributed by atoms with E-state index in [1.54, 1.807) is 31.3 Å². The predicted molar refractivity (Wildman–Crippen MR) is 99.9 cm³/mol. The standard InChI is InChI=1S/C18H29ClN2O2S/c1-20(2)14-16-6-4-15(5-7-16)12-13-21(3)24(22,23)18-10-8-17(19)9-11-18/h8-11,15-16H,4-7,12-14H2,1-3H3/t15-,16-. The molecule has 1 aromatic rings. The summed E-state index contributed by atoms with van der Waals surface area (Å²) in [7, 11) is 2.51. The van der Waals surface area contributed by atoms with Crippen LogP contribution >= 0.6 is 11.6 Å². The molecule has 6 heteroatoms. The fourth-order valence-corrected chi connectivity index (χ4v) is 4.80. The van der Waals surface area contributed by atoms with E-state index in [1.807, 2.05) is 0 Å². The van der Waals surface area contributed by atoms with E-state index in [0.29, 0.717) is 22.4 Å². The zero-order valence-corrected chi connectivity index (χ0v) is 16.5. The summed E-state index contributed by atoms with van der Waals surface area (Å²) < 4.78 is 26.6. The van der Waals surface area contributed by atoms with Gasteiger partial charge in [0, 0.05) is 25.2 Å². The van der Waals surface area contributed by atoms with Crippen molar-refractivity contribution in [1.82, 2.24) is 9.21 Å². The molecule has 0 bridgehead atoms. The maximum atomic E-state index is 12.6. The maximum absolute atomic E-state index is 12.6. The Morgan fingerprint density at radius 3 is 2.08 bits per heavy atom. The highest BCUT2D eigenvalue weighted by Crippen LogP contribution is 2.31. The van der Waals surface area contributed by atoms with E-state index in [-0.39, 0.29) is 0 Å². The van der Waals surface area contributed by atoms with Crippen LogP contribution in [0.15, 0.2) is 29.2 Å². The van der Waals surface area contributed by atoms with Crippen LogP contribution in [0.4, 0.5) is 0 Å². The lowest BCUT2D eigenvalue weighted by atomic mass is 9.80. The molecule has 136 valence electrons. The maximum Gasteiger partial charge on any atom is 0.242 e. The summed E-state index contributed by atoms with van der Waals surface area (Å²) >= 11 is 5.84. The van der Waals surface area contributed by atoms with Crippen molar-refractivity contribution in [3.8, 4) is 0 Å². The van der Waals surface area contributed by atoms with Crippen LogP contribution in [-0.4, -0.2) is 51.9 Å². The minimum atomic E-state index is -3.42. The summed E-state index contributed by atoms with van der Waals surface area (Å²) in [6.07, 6.45) is 5.89. The zero-order chi connectivity index (χ0) is 17.7. The molecule has 0 saturated heterocycles. The monoisotopic (exact) mass is 372 g/mol. The van der Waals surface area contributed by atoms with Crippen molar-refractivity contribution >= 4 is 21.6 Å². The quantitative estimate of drug-likeness (QED) is 0.732. The molecule has 0 atom stereocenters. The van der Waals surface area contributed by atoms with Gasteiger partial charge in [-0.3, -0.25) is 0 Å². The molecule has 0 N–H and O–H groups in total. The summed E-state index contributed by atoms with van der Waals surface area (Å²) in [6, 6.07) is 6.38. The molecule has 0 heterocycles. The lowest BCUT2D eigenvalue weighted by Gasteiger charge is -2.31. The van der Waals surface area contributed by atoms with E-state index >= 15 is 0 Å². The third kappa shape index (κ3) is 5.45. The molecule has 1 aliphatic carbocycles. The lowest BCUT2D eigenvalue weighted by molar-refractivity contribution is 0.212. The van der Waals surface area contributed by atoms with Gasteiger partial charge in [0.25, 0.3) is 0 Å². The van der Waals surface area contributed by atoms with Crippen LogP contribution in [-0.2, 0) is 10.0 Å². The predicted octanol–water partition coefficient (Wildman–Crippen LogP) is 3.72. The summed E-state index contributed by atoms with van der Waals surface area (Å²) in [6.45, 7) is 1.74. The Labute approximate surface area is 151 Å². The summed E-state index contributed by atoms with van der Waals surface area (Å²) in [5.41, 5.74) is 0. The van der Waals surface area contributed by atoms with Crippen molar-refractivity contribution in [3.05, 3.63) is 29.3 Å². The van der Waals surface area contributed by atoms with Gasteiger partial charge in [-0.05, 0) is 69.5 Å². The van der Waals surface area contributed by atoms with Gasteiger partial charge >= 0.3 is 0 Å². The van der Waals surface area contributed by atoms with E-state index in [2.05, 4.69) is 19.0 Å². The fourth-order valence-electron chi connectivity index (χ4n) is 3.49. The largest absolute Gasteiger partial charge is 0.309 e. The Hall–Kier alpha value is -0.620. The van der Waals surface area contributed by atoms with Gasteiger partial charge in [0.2, 0.25) is 10.0 Å². The van der Waals surface area contributed by atoms with Crippen molar-refractivity contribution in [1.29, 1.82) is 0 Å². The molecule has 24 heavy (non-hydrogen) atoms. The minimum absolute atomic E-state index is 0.309. The van der Waals surface area contributed by atoms with Crippen LogP contribution in [0.2, 0.25) is 5.02 Å². The zero-order valence-electron chi connectivity index (χ0n) is 14.9. The fraction of sp³-hybridized carbons (Fsp3) is 0.667. The van der Waals surface area contributed by atoms with Gasteiger partial charge in [-0.25, -0.2) is 12.7 Å². The van der Waals surface area contributed by atoms with Gasteiger partial charge in [0.1, 0.15) is 0 Å². The van der Waals surface area contributed by atoms with Crippen LogP contribution in [0.3, 0.4) is 0 Å². The minimum Gasteiger partial charge on any atom is -0.309 e. The van der Waals surface area contributed by atoms with Gasteiger partial charge in [0.05, 0.1) is 4.90 Å². The summed E-state index contributed by atoms with van der Waals surface area (Å²) in [5, 5.41) is 0.547. The van der Waals surface area contributed by atoms with Crippen LogP contribution in [0.25, 0.3) is 0 Å². The van der Waals surface area contributed by atoms with Crippen molar-refractivity contribution in [2.75, 3.05) is 34.2 Å². The first kappa shape index (κ1) is 19.7. The highest BCUT2D eigenvalue weighted by Gasteiger charge is 2.24. The molecule has 0 aromatic heterocycles. The number of rotatable bonds is 7. The third-order valence-corrected chi connectivity index (χ3v) is 7.09. The molecular weight excluding hydrogens is 344 g/mol. The Bertz CT molecular complexity index is 608. The Balaban J connectivity index is 1.83. The Morgan fingerprint density at radius 1 is 1.00 bits per heavy atom. The molecule has 4 nitrogen and oxygen atoms in total. The summed E-state index contributed by atoms with van der Waals surface area (Å²) in [5.74, 6) is 1.44. The first-order chi connectivity index (χ1) is 11.3. The summed E-state index contributed by atoms with van der Waals surface area (Å²) in [4.78, 5) is 2.57. The van der Waals surface area contributed by atoms with Crippen molar-refractivity contribution < 1.29 is 8.42 Å². The highest BCUT2D eigenvalue weighted by atomic mass is 35.5. The lowest BCUT2D eigenvalue weighted by Crippen LogP contribution is -2.30.